The van der Waals surface area contributed by atoms with Gasteiger partial charge in [0.1, 0.15) is 0 Å². The average Bonchev–Trinajstić information content (AvgIpc) is 2.45. The second-order valence-corrected chi connectivity index (χ2v) is 4.75. The van der Waals surface area contributed by atoms with Crippen molar-refractivity contribution >= 4 is 23.6 Å². The van der Waals surface area contributed by atoms with Crippen LogP contribution in [0.25, 0.3) is 6.08 Å². The summed E-state index contributed by atoms with van der Waals surface area (Å²) < 4.78 is 0. The van der Waals surface area contributed by atoms with Gasteiger partial charge in [-0.15, -0.1) is 0 Å². The molecule has 0 aliphatic heterocycles. The molecule has 3 N–H and O–H groups in total. The van der Waals surface area contributed by atoms with Gasteiger partial charge in [0.15, 0.2) is 6.10 Å². The molecule has 1 aromatic rings. The fourth-order valence-corrected chi connectivity index (χ4v) is 1.57. The molecule has 1 rings (SSSR count). The summed E-state index contributed by atoms with van der Waals surface area (Å²) in [5.74, 6) is -1.62. The predicted molar refractivity (Wildman–Crippen MR) is 81.1 cm³/mol. The highest BCUT2D eigenvalue weighted by Crippen LogP contribution is 2.12. The monoisotopic (exact) mass is 292 g/mol. The molecule has 0 heterocycles. The van der Waals surface area contributed by atoms with E-state index < -0.39 is 12.1 Å². The largest absolute Gasteiger partial charge is 0.479 e. The van der Waals surface area contributed by atoms with Gasteiger partial charge >= 0.3 is 5.97 Å². The number of benzene rings is 1. The van der Waals surface area contributed by atoms with Crippen LogP contribution in [0.1, 0.15) is 12.0 Å². The zero-order valence-electron chi connectivity index (χ0n) is 12.1. The van der Waals surface area contributed by atoms with E-state index >= 15 is 0 Å². The maximum atomic E-state index is 11.5. The van der Waals surface area contributed by atoms with E-state index in [9.17, 15) is 9.59 Å². The van der Waals surface area contributed by atoms with Crippen LogP contribution in [0.3, 0.4) is 0 Å². The van der Waals surface area contributed by atoms with Crippen LogP contribution in [-0.4, -0.2) is 48.8 Å². The summed E-state index contributed by atoms with van der Waals surface area (Å²) in [5, 5.41) is 20.0. The van der Waals surface area contributed by atoms with Crippen LogP contribution in [0.4, 0.5) is 5.69 Å². The molecule has 6 heteroatoms. The van der Waals surface area contributed by atoms with Crippen molar-refractivity contribution in [2.24, 2.45) is 0 Å². The van der Waals surface area contributed by atoms with Crippen LogP contribution in [-0.2, 0) is 9.59 Å². The van der Waals surface area contributed by atoms with Gasteiger partial charge in [-0.25, -0.2) is 4.79 Å². The average molecular weight is 292 g/mol. The molecule has 1 amide bonds. The Morgan fingerprint density at radius 2 is 1.90 bits per heavy atom. The number of nitrogens with zero attached hydrogens (tertiary/aromatic N) is 1. The summed E-state index contributed by atoms with van der Waals surface area (Å²) in [6.07, 6.45) is 1.57. The Kier molecular flexibility index (Phi) is 6.42. The van der Waals surface area contributed by atoms with E-state index in [1.807, 2.05) is 43.3 Å². The molecule has 0 aliphatic rings. The minimum Gasteiger partial charge on any atom is -0.479 e. The van der Waals surface area contributed by atoms with E-state index in [-0.39, 0.29) is 18.9 Å². The Morgan fingerprint density at radius 3 is 2.43 bits per heavy atom. The summed E-state index contributed by atoms with van der Waals surface area (Å²) in [6.45, 7) is 0.107. The third-order valence-corrected chi connectivity index (χ3v) is 2.84. The van der Waals surface area contributed by atoms with Gasteiger partial charge < -0.3 is 20.4 Å². The molecule has 114 valence electrons. The highest BCUT2D eigenvalue weighted by atomic mass is 16.4. The fraction of sp³-hybridized carbons (Fsp3) is 0.333. The second-order valence-electron chi connectivity index (χ2n) is 4.75. The Bertz CT molecular complexity index is 509. The zero-order valence-corrected chi connectivity index (χ0v) is 12.1. The molecule has 0 saturated heterocycles. The first-order chi connectivity index (χ1) is 9.90. The maximum absolute atomic E-state index is 11.5. The molecule has 0 radical (unpaired) electrons. The van der Waals surface area contributed by atoms with Crippen LogP contribution in [0.15, 0.2) is 30.3 Å². The summed E-state index contributed by atoms with van der Waals surface area (Å²) in [5.41, 5.74) is 1.96. The zero-order chi connectivity index (χ0) is 15.8. The molecule has 6 nitrogen and oxygen atoms in total. The van der Waals surface area contributed by atoms with Gasteiger partial charge in [0.05, 0.1) is 0 Å². The first-order valence-corrected chi connectivity index (χ1v) is 6.54. The van der Waals surface area contributed by atoms with E-state index in [0.29, 0.717) is 0 Å². The quantitative estimate of drug-likeness (QED) is 0.644. The number of nitrogens with one attached hydrogen (secondary N) is 1. The van der Waals surface area contributed by atoms with Gasteiger partial charge in [-0.3, -0.25) is 4.79 Å². The smallest absolute Gasteiger partial charge is 0.332 e. The van der Waals surface area contributed by atoms with E-state index in [0.717, 1.165) is 11.3 Å². The number of carbonyl (C=O) groups excluding carboxylic acids is 1. The lowest BCUT2D eigenvalue weighted by Crippen LogP contribution is -2.28. The van der Waals surface area contributed by atoms with Crippen molar-refractivity contribution in [3.05, 3.63) is 35.9 Å². The van der Waals surface area contributed by atoms with Gasteiger partial charge in [0.2, 0.25) is 5.91 Å². The number of aliphatic hydroxyl groups is 1. The minimum absolute atomic E-state index is 0.0214. The first kappa shape index (κ1) is 16.7. The Hall–Kier alpha value is -2.34. The van der Waals surface area contributed by atoms with Gasteiger partial charge in [-0.1, -0.05) is 12.1 Å². The van der Waals surface area contributed by atoms with Crippen molar-refractivity contribution in [2.45, 2.75) is 12.5 Å². The number of aliphatic carboxylic acids is 1. The lowest BCUT2D eigenvalue weighted by atomic mass is 10.2. The van der Waals surface area contributed by atoms with Crippen molar-refractivity contribution < 1.29 is 19.8 Å². The van der Waals surface area contributed by atoms with Crippen LogP contribution >= 0.6 is 0 Å². The molecule has 0 saturated carbocycles. The lowest BCUT2D eigenvalue weighted by Gasteiger charge is -2.11. The van der Waals surface area contributed by atoms with Gasteiger partial charge in [0, 0.05) is 38.8 Å². The van der Waals surface area contributed by atoms with Crippen LogP contribution in [0, 0.1) is 0 Å². The van der Waals surface area contributed by atoms with Gasteiger partial charge in [0.25, 0.3) is 0 Å². The molecule has 1 aromatic carbocycles. The van der Waals surface area contributed by atoms with Crippen LogP contribution in [0.5, 0.6) is 0 Å². The number of carboxylic acids is 1. The fourth-order valence-electron chi connectivity index (χ4n) is 1.57. The van der Waals surface area contributed by atoms with Crippen molar-refractivity contribution in [1.82, 2.24) is 5.32 Å². The number of rotatable bonds is 7. The summed E-state index contributed by atoms with van der Waals surface area (Å²) in [7, 11) is 3.90. The maximum Gasteiger partial charge on any atom is 0.332 e. The van der Waals surface area contributed by atoms with Gasteiger partial charge in [-0.2, -0.15) is 0 Å². The summed E-state index contributed by atoms with van der Waals surface area (Å²) in [4.78, 5) is 23.9. The van der Waals surface area contributed by atoms with Crippen molar-refractivity contribution in [3.63, 3.8) is 0 Å². The highest BCUT2D eigenvalue weighted by Gasteiger charge is 2.12. The number of carboxylic acid groups (broad SMARTS) is 1. The molecule has 1 atom stereocenters. The van der Waals surface area contributed by atoms with E-state index in [1.54, 1.807) is 6.08 Å². The third kappa shape index (κ3) is 6.09. The molecule has 21 heavy (non-hydrogen) atoms. The van der Waals surface area contributed by atoms with Crippen LogP contribution < -0.4 is 10.2 Å². The number of anilines is 1. The number of carbonyl (C=O) groups is 2. The predicted octanol–water partition coefficient (Wildman–Crippen LogP) is 0.718. The van der Waals surface area contributed by atoms with E-state index in [2.05, 4.69) is 5.32 Å². The minimum atomic E-state index is -1.45. The third-order valence-electron chi connectivity index (χ3n) is 2.84. The molecule has 1 unspecified atom stereocenters. The number of hydrogen-bond acceptors (Lipinski definition) is 4. The lowest BCUT2D eigenvalue weighted by molar-refractivity contribution is -0.147. The van der Waals surface area contributed by atoms with Gasteiger partial charge in [-0.05, 0) is 23.8 Å². The number of hydrogen-bond donors (Lipinski definition) is 3. The molecule has 0 bridgehead atoms. The molecule has 0 fully saturated rings. The second kappa shape index (κ2) is 8.06. The SMILES string of the molecule is CN(C)c1ccc(/C=C/C(=O)NCCC(O)C(=O)O)cc1. The van der Waals surface area contributed by atoms with Crippen LogP contribution in [0.2, 0.25) is 0 Å². The van der Waals surface area contributed by atoms with Crippen molar-refractivity contribution in [3.8, 4) is 0 Å². The van der Waals surface area contributed by atoms with Crippen molar-refractivity contribution in [1.29, 1.82) is 0 Å². The number of aliphatic hydroxyl groups excluding tert-OH is 1. The summed E-state index contributed by atoms with van der Waals surface area (Å²) >= 11 is 0. The Balaban J connectivity index is 2.41. The van der Waals surface area contributed by atoms with E-state index in [4.69, 9.17) is 10.2 Å². The first-order valence-electron chi connectivity index (χ1n) is 6.54. The molecule has 0 spiro atoms. The highest BCUT2D eigenvalue weighted by molar-refractivity contribution is 5.91. The molecular formula is C15H20N2O4. The Labute approximate surface area is 123 Å². The standard InChI is InChI=1S/C15H20N2O4/c1-17(2)12-6-3-11(4-7-12)5-8-14(19)16-10-9-13(18)15(20)21/h3-8,13,18H,9-10H2,1-2H3,(H,16,19)(H,20,21)/b8-5+. The summed E-state index contributed by atoms with van der Waals surface area (Å²) in [6, 6.07) is 7.68. The molecular weight excluding hydrogens is 272 g/mol. The molecule has 0 aliphatic carbocycles. The van der Waals surface area contributed by atoms with Crippen molar-refractivity contribution in [2.75, 3.05) is 25.5 Å². The Morgan fingerprint density at radius 1 is 1.29 bits per heavy atom. The number of amides is 1. The normalized spacial score (nSPS) is 12.1. The van der Waals surface area contributed by atoms with E-state index in [1.165, 1.54) is 6.08 Å². The topological polar surface area (TPSA) is 89.9 Å². The molecule has 0 aromatic heterocycles.